The molecule has 1 aromatic heterocycles. The quantitative estimate of drug-likeness (QED) is 0.816. The van der Waals surface area contributed by atoms with Gasteiger partial charge in [-0.25, -0.2) is 9.78 Å². The Bertz CT molecular complexity index is 473. The molecule has 2 unspecified atom stereocenters. The van der Waals surface area contributed by atoms with Crippen LogP contribution < -0.4 is 0 Å². The molecular weight excluding hydrogens is 252 g/mol. The molecule has 0 saturated carbocycles. The van der Waals surface area contributed by atoms with Crippen LogP contribution in [0.1, 0.15) is 35.6 Å². The van der Waals surface area contributed by atoms with Crippen molar-refractivity contribution in [3.63, 3.8) is 0 Å². The smallest absolute Gasteiger partial charge is 0.407 e. The number of aryl methyl sites for hydroxylation is 1. The zero-order chi connectivity index (χ0) is 12.9. The maximum atomic E-state index is 11.2. The van der Waals surface area contributed by atoms with Crippen LogP contribution in [0.5, 0.6) is 0 Å². The number of hydrogen-bond acceptors (Lipinski definition) is 4. The molecule has 0 aromatic carbocycles. The van der Waals surface area contributed by atoms with Gasteiger partial charge in [-0.2, -0.15) is 0 Å². The summed E-state index contributed by atoms with van der Waals surface area (Å²) in [5, 5.41) is 20.7. The molecular formula is C12H16N2O3S. The first-order chi connectivity index (χ1) is 8.49. The van der Waals surface area contributed by atoms with Crippen LogP contribution in [0.2, 0.25) is 0 Å². The molecule has 2 N–H and O–H groups in total. The summed E-state index contributed by atoms with van der Waals surface area (Å²) >= 11 is 1.51. The summed E-state index contributed by atoms with van der Waals surface area (Å²) in [6, 6.07) is -0.120. The van der Waals surface area contributed by atoms with Gasteiger partial charge in [0.25, 0.3) is 0 Å². The molecule has 3 heterocycles. The minimum Gasteiger partial charge on any atom is -0.465 e. The van der Waals surface area contributed by atoms with Gasteiger partial charge in [-0.05, 0) is 19.8 Å². The summed E-state index contributed by atoms with van der Waals surface area (Å²) in [5.74, 6) is 0. The maximum Gasteiger partial charge on any atom is 0.407 e. The van der Waals surface area contributed by atoms with Gasteiger partial charge in [0.05, 0.1) is 0 Å². The van der Waals surface area contributed by atoms with Crippen molar-refractivity contribution in [3.8, 4) is 0 Å². The number of carbonyl (C=O) groups is 1. The van der Waals surface area contributed by atoms with Gasteiger partial charge in [0, 0.05) is 36.0 Å². The number of amides is 1. The minimum atomic E-state index is -0.934. The maximum absolute atomic E-state index is 11.2. The highest BCUT2D eigenvalue weighted by molar-refractivity contribution is 7.11. The molecule has 0 spiro atoms. The number of aliphatic hydroxyl groups is 1. The molecule has 2 fully saturated rings. The van der Waals surface area contributed by atoms with Crippen molar-refractivity contribution in [1.82, 2.24) is 9.88 Å². The minimum absolute atomic E-state index is 0.0598. The highest BCUT2D eigenvalue weighted by atomic mass is 32.1. The number of hydrogen-bond donors (Lipinski definition) is 2. The Morgan fingerprint density at radius 1 is 1.50 bits per heavy atom. The number of nitrogens with zero attached hydrogens (tertiary/aromatic N) is 2. The lowest BCUT2D eigenvalue weighted by Gasteiger charge is -2.41. The highest BCUT2D eigenvalue weighted by Crippen LogP contribution is 2.46. The van der Waals surface area contributed by atoms with Crippen LogP contribution >= 0.6 is 11.3 Å². The van der Waals surface area contributed by atoms with Crippen LogP contribution in [0.3, 0.4) is 0 Å². The van der Waals surface area contributed by atoms with E-state index in [2.05, 4.69) is 4.98 Å². The number of fused-ring (bicyclic) bond motifs is 2. The first-order valence-electron chi connectivity index (χ1n) is 6.16. The Morgan fingerprint density at radius 3 is 2.56 bits per heavy atom. The highest BCUT2D eigenvalue weighted by Gasteiger charge is 2.51. The fourth-order valence-corrected chi connectivity index (χ4v) is 4.15. The van der Waals surface area contributed by atoms with Crippen LogP contribution in [-0.2, 0) is 5.60 Å². The van der Waals surface area contributed by atoms with Crippen molar-refractivity contribution in [3.05, 3.63) is 16.1 Å². The Balaban J connectivity index is 1.89. The fraction of sp³-hybridized carbons (Fsp3) is 0.667. The monoisotopic (exact) mass is 268 g/mol. The van der Waals surface area contributed by atoms with E-state index in [0.717, 1.165) is 22.7 Å². The van der Waals surface area contributed by atoms with Gasteiger partial charge in [0.15, 0.2) is 0 Å². The molecule has 2 atom stereocenters. The molecule has 2 saturated heterocycles. The standard InChI is InChI=1S/C12H16N2O3S/c1-7-6-13-10(18-7)12(17)4-8-2-3-9(5-12)14(8)11(15)16/h6,8-9,17H,2-5H2,1H3,(H,15,16). The summed E-state index contributed by atoms with van der Waals surface area (Å²) in [6.07, 6.45) is 3.56. The van der Waals surface area contributed by atoms with Gasteiger partial charge < -0.3 is 15.1 Å². The fourth-order valence-electron chi connectivity index (χ4n) is 3.28. The first kappa shape index (κ1) is 11.9. The third kappa shape index (κ3) is 1.71. The lowest BCUT2D eigenvalue weighted by Crippen LogP contribution is -2.51. The third-order valence-corrected chi connectivity index (χ3v) is 5.11. The normalized spacial score (nSPS) is 34.9. The van der Waals surface area contributed by atoms with Crippen molar-refractivity contribution in [2.45, 2.75) is 50.3 Å². The van der Waals surface area contributed by atoms with Crippen molar-refractivity contribution >= 4 is 17.4 Å². The summed E-state index contributed by atoms with van der Waals surface area (Å²) in [4.78, 5) is 18.1. The van der Waals surface area contributed by atoms with Crippen LogP contribution in [0.25, 0.3) is 0 Å². The topological polar surface area (TPSA) is 73.7 Å². The Morgan fingerprint density at radius 2 is 2.11 bits per heavy atom. The lowest BCUT2D eigenvalue weighted by molar-refractivity contribution is -0.0493. The van der Waals surface area contributed by atoms with Gasteiger partial charge in [0.1, 0.15) is 10.6 Å². The zero-order valence-corrected chi connectivity index (χ0v) is 11.0. The van der Waals surface area contributed by atoms with Crippen molar-refractivity contribution in [1.29, 1.82) is 0 Å². The van der Waals surface area contributed by atoms with Crippen molar-refractivity contribution in [2.24, 2.45) is 0 Å². The van der Waals surface area contributed by atoms with Gasteiger partial charge >= 0.3 is 6.09 Å². The van der Waals surface area contributed by atoms with E-state index in [9.17, 15) is 15.0 Å². The molecule has 2 aliphatic heterocycles. The number of carboxylic acid groups (broad SMARTS) is 1. The summed E-state index contributed by atoms with van der Waals surface area (Å²) in [6.45, 7) is 1.96. The van der Waals surface area contributed by atoms with Crippen molar-refractivity contribution in [2.75, 3.05) is 0 Å². The first-order valence-corrected chi connectivity index (χ1v) is 6.98. The number of piperidine rings is 1. The van der Waals surface area contributed by atoms with Crippen LogP contribution in [0.4, 0.5) is 4.79 Å². The van der Waals surface area contributed by atoms with E-state index < -0.39 is 11.7 Å². The summed E-state index contributed by atoms with van der Waals surface area (Å²) in [5.41, 5.74) is -0.934. The van der Waals surface area contributed by atoms with E-state index >= 15 is 0 Å². The summed E-state index contributed by atoms with van der Waals surface area (Å²) in [7, 11) is 0. The number of thiazole rings is 1. The van der Waals surface area contributed by atoms with E-state index in [-0.39, 0.29) is 12.1 Å². The van der Waals surface area contributed by atoms with Crippen molar-refractivity contribution < 1.29 is 15.0 Å². The van der Waals surface area contributed by atoms with E-state index in [4.69, 9.17) is 0 Å². The van der Waals surface area contributed by atoms with Gasteiger partial charge in [-0.3, -0.25) is 0 Å². The Hall–Kier alpha value is -1.14. The van der Waals surface area contributed by atoms with Gasteiger partial charge in [-0.15, -0.1) is 11.3 Å². The van der Waals surface area contributed by atoms with Crippen LogP contribution in [-0.4, -0.2) is 38.3 Å². The lowest BCUT2D eigenvalue weighted by atomic mass is 9.87. The molecule has 18 heavy (non-hydrogen) atoms. The third-order valence-electron chi connectivity index (χ3n) is 4.01. The molecule has 1 amide bonds. The molecule has 0 aliphatic carbocycles. The van der Waals surface area contributed by atoms with Gasteiger partial charge in [-0.1, -0.05) is 0 Å². The van der Waals surface area contributed by atoms with Crippen LogP contribution in [0.15, 0.2) is 6.20 Å². The van der Waals surface area contributed by atoms with E-state index in [1.807, 2.05) is 6.92 Å². The second kappa shape index (κ2) is 3.93. The SMILES string of the molecule is Cc1cnc(C2(O)CC3CCC(C2)N3C(=O)O)s1. The second-order valence-corrected chi connectivity index (χ2v) is 6.53. The average molecular weight is 268 g/mol. The molecule has 1 aromatic rings. The molecule has 98 valence electrons. The molecule has 3 rings (SSSR count). The second-order valence-electron chi connectivity index (χ2n) is 5.29. The Kier molecular flexibility index (Phi) is 2.60. The summed E-state index contributed by atoms with van der Waals surface area (Å²) < 4.78 is 0. The molecule has 2 bridgehead atoms. The van der Waals surface area contributed by atoms with E-state index in [1.54, 1.807) is 6.20 Å². The molecule has 0 radical (unpaired) electrons. The molecule has 5 nitrogen and oxygen atoms in total. The van der Waals surface area contributed by atoms with Crippen LogP contribution in [0, 0.1) is 6.92 Å². The average Bonchev–Trinajstić information content (AvgIpc) is 2.83. The molecule has 6 heteroatoms. The predicted molar refractivity (Wildman–Crippen MR) is 66.7 cm³/mol. The largest absolute Gasteiger partial charge is 0.465 e. The Labute approximate surface area is 109 Å². The van der Waals surface area contributed by atoms with E-state index in [0.29, 0.717) is 12.8 Å². The number of aromatic nitrogens is 1. The van der Waals surface area contributed by atoms with Gasteiger partial charge in [0.2, 0.25) is 0 Å². The number of rotatable bonds is 1. The molecule has 2 aliphatic rings. The van der Waals surface area contributed by atoms with E-state index in [1.165, 1.54) is 16.2 Å². The zero-order valence-electron chi connectivity index (χ0n) is 10.2. The predicted octanol–water partition coefficient (Wildman–Crippen LogP) is 1.94.